The third-order valence-electron chi connectivity index (χ3n) is 3.21. The molecule has 3 nitrogen and oxygen atoms in total. The van der Waals surface area contributed by atoms with Crippen molar-refractivity contribution in [2.45, 2.75) is 20.0 Å². The third-order valence-corrected chi connectivity index (χ3v) is 3.21. The predicted molar refractivity (Wildman–Crippen MR) is 82.9 cm³/mol. The molecule has 0 bridgehead atoms. The molecule has 120 valence electrons. The quantitative estimate of drug-likeness (QED) is 0.537. The molecule has 2 rings (SSSR count). The van der Waals surface area contributed by atoms with Gasteiger partial charge in [-0.15, -0.1) is 0 Å². The van der Waals surface area contributed by atoms with Crippen molar-refractivity contribution in [1.82, 2.24) is 0 Å². The normalized spacial score (nSPS) is 11.2. The fraction of sp³-hybridized carbons (Fsp3) is 0.176. The van der Waals surface area contributed by atoms with Crippen molar-refractivity contribution in [1.29, 1.82) is 0 Å². The van der Waals surface area contributed by atoms with Crippen LogP contribution in [0.5, 0.6) is 0 Å². The second-order valence-electron chi connectivity index (χ2n) is 5.33. The Hall–Kier alpha value is -2.63. The number of alkyl halides is 3. The first kappa shape index (κ1) is 16.7. The topological polar surface area (TPSA) is 43.1 Å². The number of rotatable bonds is 3. The molecule has 0 N–H and O–H groups in total. The molecule has 0 atom stereocenters. The number of nitrogens with zero attached hydrogens (tertiary/aromatic N) is 1. The summed E-state index contributed by atoms with van der Waals surface area (Å²) in [4.78, 5) is 10.4. The van der Waals surface area contributed by atoms with Crippen molar-refractivity contribution in [3.63, 3.8) is 0 Å². The molecule has 0 aliphatic heterocycles. The highest BCUT2D eigenvalue weighted by atomic mass is 19.4. The van der Waals surface area contributed by atoms with E-state index in [-0.39, 0.29) is 5.69 Å². The van der Waals surface area contributed by atoms with Gasteiger partial charge < -0.3 is 0 Å². The number of non-ortho nitro benzene ring substituents is 1. The van der Waals surface area contributed by atoms with E-state index in [1.807, 2.05) is 13.8 Å². The van der Waals surface area contributed by atoms with Crippen LogP contribution in [0.15, 0.2) is 48.0 Å². The van der Waals surface area contributed by atoms with Gasteiger partial charge in [0.05, 0.1) is 10.5 Å². The molecule has 0 radical (unpaired) electrons. The first-order valence-corrected chi connectivity index (χ1v) is 6.79. The fourth-order valence-electron chi connectivity index (χ4n) is 2.20. The number of nitro groups is 1. The second kappa shape index (κ2) is 6.24. The van der Waals surface area contributed by atoms with Crippen LogP contribution in [0, 0.1) is 10.1 Å². The average molecular weight is 321 g/mol. The van der Waals surface area contributed by atoms with Crippen LogP contribution in [0.4, 0.5) is 18.9 Å². The Morgan fingerprint density at radius 2 is 1.70 bits per heavy atom. The molecular formula is C17H14F3NO2. The maximum Gasteiger partial charge on any atom is 0.416 e. The molecule has 6 heteroatoms. The number of hydrogen-bond acceptors (Lipinski definition) is 2. The minimum absolute atomic E-state index is 0.0619. The Morgan fingerprint density at radius 3 is 2.17 bits per heavy atom. The monoisotopic (exact) mass is 321 g/mol. The smallest absolute Gasteiger partial charge is 0.258 e. The van der Waals surface area contributed by atoms with E-state index in [2.05, 4.69) is 0 Å². The first-order valence-electron chi connectivity index (χ1n) is 6.79. The van der Waals surface area contributed by atoms with Gasteiger partial charge in [-0.1, -0.05) is 23.8 Å². The molecule has 0 amide bonds. The van der Waals surface area contributed by atoms with Crippen LogP contribution in [0.1, 0.15) is 25.0 Å². The fourth-order valence-corrected chi connectivity index (χ4v) is 2.20. The number of halogens is 3. The Kier molecular flexibility index (Phi) is 4.54. The molecular weight excluding hydrogens is 307 g/mol. The van der Waals surface area contributed by atoms with Crippen molar-refractivity contribution in [2.24, 2.45) is 0 Å². The maximum atomic E-state index is 12.6. The van der Waals surface area contributed by atoms with E-state index >= 15 is 0 Å². The molecule has 0 aliphatic carbocycles. The molecule has 2 aromatic rings. The highest BCUT2D eigenvalue weighted by Crippen LogP contribution is 2.33. The minimum Gasteiger partial charge on any atom is -0.258 e. The Balaban J connectivity index is 2.54. The van der Waals surface area contributed by atoms with Crippen molar-refractivity contribution in [3.05, 3.63) is 69.3 Å². The van der Waals surface area contributed by atoms with E-state index < -0.39 is 16.7 Å². The lowest BCUT2D eigenvalue weighted by Gasteiger charge is -2.10. The molecule has 0 spiro atoms. The Bertz CT molecular complexity index is 758. The molecule has 0 unspecified atom stereocenters. The highest BCUT2D eigenvalue weighted by Gasteiger charge is 2.30. The van der Waals surface area contributed by atoms with Gasteiger partial charge in [0.2, 0.25) is 0 Å². The maximum absolute atomic E-state index is 12.6. The molecule has 0 saturated carbocycles. The summed E-state index contributed by atoms with van der Waals surface area (Å²) < 4.78 is 37.9. The van der Waals surface area contributed by atoms with Crippen molar-refractivity contribution >= 4 is 11.8 Å². The summed E-state index contributed by atoms with van der Waals surface area (Å²) in [6, 6.07) is 9.05. The van der Waals surface area contributed by atoms with Gasteiger partial charge in [0.15, 0.2) is 0 Å². The van der Waals surface area contributed by atoms with Crippen LogP contribution in [0.2, 0.25) is 0 Å². The zero-order valence-electron chi connectivity index (χ0n) is 12.5. The van der Waals surface area contributed by atoms with E-state index in [4.69, 9.17) is 0 Å². The SMILES string of the molecule is CC(C)=Cc1cc([N+](=O)[O-])ccc1-c1ccc(C(F)(F)F)cc1. The summed E-state index contributed by atoms with van der Waals surface area (Å²) in [5.74, 6) is 0. The molecule has 0 heterocycles. The zero-order valence-corrected chi connectivity index (χ0v) is 12.5. The Morgan fingerprint density at radius 1 is 1.09 bits per heavy atom. The lowest BCUT2D eigenvalue weighted by molar-refractivity contribution is -0.384. The van der Waals surface area contributed by atoms with Crippen LogP contribution >= 0.6 is 0 Å². The van der Waals surface area contributed by atoms with Crippen molar-refractivity contribution in [2.75, 3.05) is 0 Å². The highest BCUT2D eigenvalue weighted by molar-refractivity contribution is 5.77. The summed E-state index contributed by atoms with van der Waals surface area (Å²) >= 11 is 0. The number of allylic oxidation sites excluding steroid dienone is 1. The van der Waals surface area contributed by atoms with E-state index in [9.17, 15) is 23.3 Å². The average Bonchev–Trinajstić information content (AvgIpc) is 2.45. The van der Waals surface area contributed by atoms with E-state index in [0.717, 1.165) is 17.7 Å². The zero-order chi connectivity index (χ0) is 17.2. The van der Waals surface area contributed by atoms with Crippen LogP contribution in [-0.4, -0.2) is 4.92 Å². The van der Waals surface area contributed by atoms with Crippen LogP contribution in [0.25, 0.3) is 17.2 Å². The summed E-state index contributed by atoms with van der Waals surface area (Å²) in [7, 11) is 0. The minimum atomic E-state index is -4.39. The van der Waals surface area contributed by atoms with Gasteiger partial charge in [0, 0.05) is 12.1 Å². The van der Waals surface area contributed by atoms with Gasteiger partial charge in [-0.2, -0.15) is 13.2 Å². The molecule has 23 heavy (non-hydrogen) atoms. The van der Waals surface area contributed by atoms with E-state index in [1.54, 1.807) is 12.1 Å². The summed E-state index contributed by atoms with van der Waals surface area (Å²) in [5.41, 5.74) is 1.95. The summed E-state index contributed by atoms with van der Waals surface area (Å²) in [6.07, 6.45) is -2.63. The van der Waals surface area contributed by atoms with Crippen LogP contribution in [-0.2, 0) is 6.18 Å². The van der Waals surface area contributed by atoms with Gasteiger partial charge >= 0.3 is 6.18 Å². The van der Waals surface area contributed by atoms with Crippen LogP contribution in [0.3, 0.4) is 0 Å². The van der Waals surface area contributed by atoms with Crippen LogP contribution < -0.4 is 0 Å². The molecule has 0 saturated heterocycles. The predicted octanol–water partition coefficient (Wildman–Crippen LogP) is 5.70. The first-order chi connectivity index (χ1) is 10.7. The largest absolute Gasteiger partial charge is 0.416 e. The van der Waals surface area contributed by atoms with Crippen molar-refractivity contribution in [3.8, 4) is 11.1 Å². The van der Waals surface area contributed by atoms with Gasteiger partial charge in [0.1, 0.15) is 0 Å². The molecule has 2 aromatic carbocycles. The number of benzene rings is 2. The van der Waals surface area contributed by atoms with Gasteiger partial charge in [-0.3, -0.25) is 10.1 Å². The van der Waals surface area contributed by atoms with Gasteiger partial charge in [-0.25, -0.2) is 0 Å². The lowest BCUT2D eigenvalue weighted by atomic mass is 9.97. The van der Waals surface area contributed by atoms with Gasteiger partial charge in [0.25, 0.3) is 5.69 Å². The summed E-state index contributed by atoms with van der Waals surface area (Å²) in [6.45, 7) is 3.69. The molecule has 0 aromatic heterocycles. The lowest BCUT2D eigenvalue weighted by Crippen LogP contribution is -2.04. The number of hydrogen-bond donors (Lipinski definition) is 0. The summed E-state index contributed by atoms with van der Waals surface area (Å²) in [5, 5.41) is 10.9. The number of nitro benzene ring substituents is 1. The van der Waals surface area contributed by atoms with Crippen molar-refractivity contribution < 1.29 is 18.1 Å². The molecule has 0 fully saturated rings. The van der Waals surface area contributed by atoms with Gasteiger partial charge in [-0.05, 0) is 48.7 Å². The third kappa shape index (κ3) is 3.97. The van der Waals surface area contributed by atoms with E-state index in [0.29, 0.717) is 16.7 Å². The molecule has 0 aliphatic rings. The standard InChI is InChI=1S/C17H14F3NO2/c1-11(2)9-13-10-15(21(22)23)7-8-16(13)12-3-5-14(6-4-12)17(18,19)20/h3-10H,1-2H3. The second-order valence-corrected chi connectivity index (χ2v) is 5.33. The van der Waals surface area contributed by atoms with E-state index in [1.165, 1.54) is 24.3 Å². The Labute approximate surface area is 131 Å².